The fraction of sp³-hybridized carbons (Fsp3) is 0. The minimum atomic E-state index is -0.128. The standard InChI is InChI=1S/C8H8AsN/c10-8-5-6-3-1-2-4-7(6)9-8/h1-5,9H,10H2. The number of rotatable bonds is 0. The molecular weight excluding hydrogens is 185 g/mol. The van der Waals surface area contributed by atoms with Gasteiger partial charge in [0.05, 0.1) is 0 Å². The van der Waals surface area contributed by atoms with Gasteiger partial charge in [-0.05, 0) is 0 Å². The van der Waals surface area contributed by atoms with Gasteiger partial charge in [-0.1, -0.05) is 0 Å². The van der Waals surface area contributed by atoms with E-state index in [2.05, 4.69) is 30.3 Å². The number of hydrogen-bond acceptors (Lipinski definition) is 1. The van der Waals surface area contributed by atoms with Crippen LogP contribution in [-0.4, -0.2) is 15.8 Å². The molecular formula is C8H8AsN. The van der Waals surface area contributed by atoms with Gasteiger partial charge < -0.3 is 0 Å². The van der Waals surface area contributed by atoms with E-state index in [1.807, 2.05) is 0 Å². The van der Waals surface area contributed by atoms with Crippen LogP contribution in [0.3, 0.4) is 0 Å². The predicted octanol–water partition coefficient (Wildman–Crippen LogP) is 0.0191. The van der Waals surface area contributed by atoms with E-state index < -0.39 is 0 Å². The molecule has 1 aliphatic heterocycles. The molecule has 0 saturated heterocycles. The van der Waals surface area contributed by atoms with Crippen LogP contribution < -0.4 is 10.1 Å². The first-order valence-corrected chi connectivity index (χ1v) is 5.29. The van der Waals surface area contributed by atoms with Gasteiger partial charge in [-0.2, -0.15) is 0 Å². The first kappa shape index (κ1) is 6.06. The molecule has 0 bridgehead atoms. The summed E-state index contributed by atoms with van der Waals surface area (Å²) in [5, 5.41) is 0. The molecule has 0 saturated carbocycles. The zero-order chi connectivity index (χ0) is 6.97. The summed E-state index contributed by atoms with van der Waals surface area (Å²) in [4.78, 5) is 0. The van der Waals surface area contributed by atoms with Crippen molar-refractivity contribution in [2.75, 3.05) is 0 Å². The quantitative estimate of drug-likeness (QED) is 0.577. The van der Waals surface area contributed by atoms with E-state index in [4.69, 9.17) is 5.73 Å². The summed E-state index contributed by atoms with van der Waals surface area (Å²) >= 11 is -0.128. The number of nitrogens with two attached hydrogens (primary N) is 1. The molecule has 2 N–H and O–H groups in total. The van der Waals surface area contributed by atoms with Gasteiger partial charge in [-0.25, -0.2) is 0 Å². The Hall–Kier alpha value is -0.682. The van der Waals surface area contributed by atoms with Crippen LogP contribution in [0.5, 0.6) is 0 Å². The van der Waals surface area contributed by atoms with Gasteiger partial charge in [-0.3, -0.25) is 0 Å². The minimum absolute atomic E-state index is 0.128. The Balaban J connectivity index is 2.54. The van der Waals surface area contributed by atoms with Crippen LogP contribution in [0.15, 0.2) is 28.8 Å². The van der Waals surface area contributed by atoms with Crippen LogP contribution in [0, 0.1) is 0 Å². The van der Waals surface area contributed by atoms with Gasteiger partial charge in [0.1, 0.15) is 0 Å². The van der Waals surface area contributed by atoms with Crippen LogP contribution in [-0.2, 0) is 0 Å². The van der Waals surface area contributed by atoms with Crippen LogP contribution in [0.4, 0.5) is 0 Å². The van der Waals surface area contributed by atoms with Gasteiger partial charge in [0, 0.05) is 0 Å². The first-order chi connectivity index (χ1) is 4.86. The third-order valence-electron chi connectivity index (χ3n) is 1.55. The van der Waals surface area contributed by atoms with E-state index in [1.54, 1.807) is 0 Å². The van der Waals surface area contributed by atoms with Crippen LogP contribution in [0.2, 0.25) is 0 Å². The Morgan fingerprint density at radius 1 is 1.20 bits per heavy atom. The van der Waals surface area contributed by atoms with Crippen molar-refractivity contribution in [1.29, 1.82) is 0 Å². The molecule has 0 amide bonds. The average molecular weight is 193 g/mol. The Labute approximate surface area is 66.6 Å². The molecule has 0 radical (unpaired) electrons. The van der Waals surface area contributed by atoms with E-state index in [0.29, 0.717) is 0 Å². The van der Waals surface area contributed by atoms with Gasteiger partial charge in [-0.15, -0.1) is 0 Å². The van der Waals surface area contributed by atoms with Crippen LogP contribution >= 0.6 is 0 Å². The summed E-state index contributed by atoms with van der Waals surface area (Å²) in [6.07, 6.45) is 2.09. The Kier molecular flexibility index (Phi) is 1.32. The first-order valence-electron chi connectivity index (χ1n) is 3.19. The van der Waals surface area contributed by atoms with Crippen molar-refractivity contribution in [1.82, 2.24) is 0 Å². The maximum absolute atomic E-state index is 5.70. The zero-order valence-electron chi connectivity index (χ0n) is 5.46. The number of benzene rings is 1. The molecule has 0 aliphatic carbocycles. The van der Waals surface area contributed by atoms with Crippen molar-refractivity contribution in [3.8, 4) is 0 Å². The molecule has 1 aromatic carbocycles. The molecule has 1 atom stereocenters. The molecule has 0 aromatic heterocycles. The predicted molar refractivity (Wildman–Crippen MR) is 45.4 cm³/mol. The third kappa shape index (κ3) is 0.871. The molecule has 1 nitrogen and oxygen atoms in total. The van der Waals surface area contributed by atoms with Crippen molar-refractivity contribution in [2.24, 2.45) is 5.73 Å². The summed E-state index contributed by atoms with van der Waals surface area (Å²) in [5.74, 6) is 0. The number of hydrogen-bond donors (Lipinski definition) is 1. The molecule has 1 heterocycles. The Morgan fingerprint density at radius 2 is 2.00 bits per heavy atom. The topological polar surface area (TPSA) is 26.0 Å². The van der Waals surface area contributed by atoms with Gasteiger partial charge >= 0.3 is 66.2 Å². The Morgan fingerprint density at radius 3 is 2.80 bits per heavy atom. The monoisotopic (exact) mass is 193 g/mol. The van der Waals surface area contributed by atoms with E-state index >= 15 is 0 Å². The molecule has 1 aliphatic rings. The second kappa shape index (κ2) is 2.17. The van der Waals surface area contributed by atoms with Crippen molar-refractivity contribution >= 4 is 26.2 Å². The molecule has 1 unspecified atom stereocenters. The fourth-order valence-electron chi connectivity index (χ4n) is 1.10. The summed E-state index contributed by atoms with van der Waals surface area (Å²) in [6, 6.07) is 8.43. The summed E-state index contributed by atoms with van der Waals surface area (Å²) in [7, 11) is 0. The molecule has 10 heavy (non-hydrogen) atoms. The van der Waals surface area contributed by atoms with Crippen molar-refractivity contribution in [2.45, 2.75) is 0 Å². The van der Waals surface area contributed by atoms with Crippen LogP contribution in [0.25, 0.3) is 6.08 Å². The molecule has 1 aromatic rings. The molecule has 0 spiro atoms. The zero-order valence-corrected chi connectivity index (χ0v) is 7.56. The summed E-state index contributed by atoms with van der Waals surface area (Å²) < 4.78 is 2.57. The summed E-state index contributed by atoms with van der Waals surface area (Å²) in [5.41, 5.74) is 7.04. The van der Waals surface area contributed by atoms with E-state index in [9.17, 15) is 0 Å². The van der Waals surface area contributed by atoms with Crippen molar-refractivity contribution in [3.63, 3.8) is 0 Å². The second-order valence-electron chi connectivity index (χ2n) is 2.31. The molecule has 2 heteroatoms. The third-order valence-corrected chi connectivity index (χ3v) is 3.98. The van der Waals surface area contributed by atoms with E-state index in [1.165, 1.54) is 9.91 Å². The fourth-order valence-corrected chi connectivity index (χ4v) is 3.23. The summed E-state index contributed by atoms with van der Waals surface area (Å²) in [6.45, 7) is 0. The van der Waals surface area contributed by atoms with Gasteiger partial charge in [0.25, 0.3) is 0 Å². The molecule has 0 fully saturated rings. The molecule has 2 rings (SSSR count). The molecule has 50 valence electrons. The average Bonchev–Trinajstić information content (AvgIpc) is 2.27. The maximum atomic E-state index is 5.70. The van der Waals surface area contributed by atoms with E-state index in [0.717, 1.165) is 4.48 Å². The van der Waals surface area contributed by atoms with Crippen LogP contribution in [0.1, 0.15) is 5.56 Å². The van der Waals surface area contributed by atoms with Crippen molar-refractivity contribution in [3.05, 3.63) is 34.3 Å². The SMILES string of the molecule is NC1=Cc2ccccc2[AsH]1. The normalized spacial score (nSPS) is 17.0. The number of fused-ring (bicyclic) bond motifs is 1. The van der Waals surface area contributed by atoms with Crippen molar-refractivity contribution < 1.29 is 0 Å². The Bertz CT molecular complexity index is 291. The second-order valence-corrected chi connectivity index (χ2v) is 5.18. The van der Waals surface area contributed by atoms with Gasteiger partial charge in [0.15, 0.2) is 0 Å². The van der Waals surface area contributed by atoms with Gasteiger partial charge in [0.2, 0.25) is 0 Å². The van der Waals surface area contributed by atoms with E-state index in [-0.39, 0.29) is 15.8 Å².